The summed E-state index contributed by atoms with van der Waals surface area (Å²) in [4.78, 5) is 15.8. The molecule has 0 amide bonds. The normalized spacial score (nSPS) is 16.0. The summed E-state index contributed by atoms with van der Waals surface area (Å²) >= 11 is 0. The second-order valence-electron chi connectivity index (χ2n) is 7.80. The van der Waals surface area contributed by atoms with Crippen LogP contribution in [0.15, 0.2) is 61.2 Å². The summed E-state index contributed by atoms with van der Waals surface area (Å²) in [5.41, 5.74) is 2.84. The Morgan fingerprint density at radius 2 is 1.84 bits per heavy atom. The van der Waals surface area contributed by atoms with Gasteiger partial charge in [-0.15, -0.1) is 11.7 Å². The lowest BCUT2D eigenvalue weighted by Gasteiger charge is -2.39. The smallest absolute Gasteiger partial charge is 0.325 e. The van der Waals surface area contributed by atoms with E-state index in [2.05, 4.69) is 31.9 Å². The van der Waals surface area contributed by atoms with Crippen molar-refractivity contribution in [1.29, 1.82) is 0 Å². The first-order valence-corrected chi connectivity index (χ1v) is 10.5. The van der Waals surface area contributed by atoms with Crippen molar-refractivity contribution in [3.63, 3.8) is 0 Å². The van der Waals surface area contributed by atoms with E-state index in [4.69, 9.17) is 5.11 Å². The molecule has 1 saturated heterocycles. The van der Waals surface area contributed by atoms with Crippen LogP contribution in [0.25, 0.3) is 11.4 Å². The van der Waals surface area contributed by atoms with Crippen LogP contribution in [0, 0.1) is 0 Å². The number of aromatic hydroxyl groups is 1. The lowest BCUT2D eigenvalue weighted by Crippen LogP contribution is -2.47. The van der Waals surface area contributed by atoms with Crippen LogP contribution in [-0.2, 0) is 11.3 Å². The average molecular weight is 435 g/mol. The first-order valence-electron chi connectivity index (χ1n) is 10.5. The van der Waals surface area contributed by atoms with E-state index in [-0.39, 0.29) is 18.3 Å². The van der Waals surface area contributed by atoms with Gasteiger partial charge in [0, 0.05) is 38.3 Å². The Hall–Kier alpha value is -3.56. The molecule has 1 aromatic heterocycles. The van der Waals surface area contributed by atoms with Crippen LogP contribution in [-0.4, -0.2) is 78.9 Å². The molecule has 2 heterocycles. The van der Waals surface area contributed by atoms with Gasteiger partial charge in [-0.2, -0.15) is 0 Å². The summed E-state index contributed by atoms with van der Waals surface area (Å²) in [6, 6.07) is 15.2. The molecule has 1 fully saturated rings. The molecule has 2 N–H and O–H groups in total. The molecule has 2 aromatic carbocycles. The highest BCUT2D eigenvalue weighted by Gasteiger charge is 2.26. The predicted molar refractivity (Wildman–Crippen MR) is 119 cm³/mol. The zero-order chi connectivity index (χ0) is 22.5. The van der Waals surface area contributed by atoms with Crippen molar-refractivity contribution in [2.45, 2.75) is 12.6 Å². The minimum atomic E-state index is -1.00. The molecule has 9 heteroatoms. The second-order valence-corrected chi connectivity index (χ2v) is 7.80. The van der Waals surface area contributed by atoms with Crippen molar-refractivity contribution in [3.8, 4) is 17.1 Å². The maximum Gasteiger partial charge on any atom is 0.325 e. The number of hydrogen-bond donors (Lipinski definition) is 2. The number of carbonyl (C=O) groups is 1. The number of tetrazole rings is 1. The molecule has 9 nitrogen and oxygen atoms in total. The van der Waals surface area contributed by atoms with Gasteiger partial charge in [0.15, 0.2) is 5.82 Å². The number of phenolic OH excluding ortho intramolecular Hbond substituents is 1. The quantitative estimate of drug-likeness (QED) is 0.519. The van der Waals surface area contributed by atoms with E-state index in [1.807, 2.05) is 48.5 Å². The number of piperazine rings is 1. The fourth-order valence-electron chi connectivity index (χ4n) is 4.16. The Morgan fingerprint density at radius 3 is 2.50 bits per heavy atom. The van der Waals surface area contributed by atoms with Crippen LogP contribution in [0.4, 0.5) is 0 Å². The Bertz CT molecular complexity index is 1070. The number of benzene rings is 2. The highest BCUT2D eigenvalue weighted by molar-refractivity contribution is 5.67. The zero-order valence-electron chi connectivity index (χ0n) is 17.7. The third-order valence-electron chi connectivity index (χ3n) is 5.65. The van der Waals surface area contributed by atoms with Gasteiger partial charge in [0.05, 0.1) is 6.04 Å². The average Bonchev–Trinajstić information content (AvgIpc) is 3.23. The molecule has 1 aliphatic heterocycles. The lowest BCUT2D eigenvalue weighted by molar-refractivity contribution is -0.137. The van der Waals surface area contributed by atoms with E-state index >= 15 is 0 Å². The number of rotatable bonds is 8. The molecule has 32 heavy (non-hydrogen) atoms. The molecule has 1 unspecified atom stereocenters. The summed E-state index contributed by atoms with van der Waals surface area (Å²) in [7, 11) is 0. The van der Waals surface area contributed by atoms with Crippen molar-refractivity contribution < 1.29 is 15.0 Å². The minimum absolute atomic E-state index is 0.0166. The van der Waals surface area contributed by atoms with Crippen LogP contribution in [0.5, 0.6) is 5.75 Å². The summed E-state index contributed by atoms with van der Waals surface area (Å²) in [6.45, 7) is 8.10. The van der Waals surface area contributed by atoms with E-state index in [0.717, 1.165) is 49.4 Å². The molecule has 166 valence electrons. The first kappa shape index (κ1) is 21.7. The number of phenols is 1. The third-order valence-corrected chi connectivity index (χ3v) is 5.65. The Morgan fingerprint density at radius 1 is 1.09 bits per heavy atom. The Kier molecular flexibility index (Phi) is 6.58. The SMILES string of the molecule is C=CCN1CCN(C(c2ccc(-c3nnnn3CC(=O)O)cc2)c2cccc(O)c2)CC1. The Balaban J connectivity index is 1.63. The van der Waals surface area contributed by atoms with Gasteiger partial charge in [-0.05, 0) is 33.7 Å². The fourth-order valence-corrected chi connectivity index (χ4v) is 4.16. The standard InChI is InChI=1S/C23H26N6O3/c1-2-10-27-11-13-28(14-12-27)22(19-4-3-5-20(30)15-19)17-6-8-18(9-7-17)23-24-25-26-29(23)16-21(31)32/h2-9,15,22,30H,1,10-14,16H2,(H,31,32). The van der Waals surface area contributed by atoms with Gasteiger partial charge in [-0.25, -0.2) is 4.68 Å². The molecular formula is C23H26N6O3. The molecule has 1 aliphatic rings. The van der Waals surface area contributed by atoms with E-state index in [9.17, 15) is 9.90 Å². The highest BCUT2D eigenvalue weighted by atomic mass is 16.4. The number of carboxylic acids is 1. The molecule has 0 bridgehead atoms. The number of aliphatic carboxylic acids is 1. The Labute approximate surface area is 186 Å². The van der Waals surface area contributed by atoms with Crippen molar-refractivity contribution in [2.75, 3.05) is 32.7 Å². The number of hydrogen-bond acceptors (Lipinski definition) is 7. The van der Waals surface area contributed by atoms with E-state index < -0.39 is 5.97 Å². The molecule has 0 spiro atoms. The van der Waals surface area contributed by atoms with Crippen LogP contribution in [0.3, 0.4) is 0 Å². The number of nitrogens with zero attached hydrogens (tertiary/aromatic N) is 6. The maximum atomic E-state index is 11.1. The number of carboxylic acid groups (broad SMARTS) is 1. The van der Waals surface area contributed by atoms with Gasteiger partial charge in [0.1, 0.15) is 12.3 Å². The predicted octanol–water partition coefficient (Wildman–Crippen LogP) is 2.02. The van der Waals surface area contributed by atoms with Gasteiger partial charge in [0.25, 0.3) is 0 Å². The molecule has 3 aromatic rings. The fraction of sp³-hybridized carbons (Fsp3) is 0.304. The summed E-state index contributed by atoms with van der Waals surface area (Å²) in [6.07, 6.45) is 1.93. The van der Waals surface area contributed by atoms with Gasteiger partial charge >= 0.3 is 5.97 Å². The largest absolute Gasteiger partial charge is 0.508 e. The second kappa shape index (κ2) is 9.71. The van der Waals surface area contributed by atoms with Crippen LogP contribution in [0.2, 0.25) is 0 Å². The maximum absolute atomic E-state index is 11.1. The molecular weight excluding hydrogens is 408 g/mol. The topological polar surface area (TPSA) is 108 Å². The monoisotopic (exact) mass is 434 g/mol. The lowest BCUT2D eigenvalue weighted by atomic mass is 9.95. The molecule has 0 aliphatic carbocycles. The van der Waals surface area contributed by atoms with Crippen molar-refractivity contribution in [2.24, 2.45) is 0 Å². The van der Waals surface area contributed by atoms with Gasteiger partial charge in [-0.1, -0.05) is 42.5 Å². The third kappa shape index (κ3) is 4.84. The van der Waals surface area contributed by atoms with E-state index in [1.165, 1.54) is 4.68 Å². The van der Waals surface area contributed by atoms with E-state index in [0.29, 0.717) is 5.82 Å². The molecule has 0 saturated carbocycles. The van der Waals surface area contributed by atoms with E-state index in [1.54, 1.807) is 6.07 Å². The minimum Gasteiger partial charge on any atom is -0.508 e. The summed E-state index contributed by atoms with van der Waals surface area (Å²) in [5, 5.41) is 30.5. The number of aromatic nitrogens is 4. The molecule has 0 radical (unpaired) electrons. The van der Waals surface area contributed by atoms with Crippen LogP contribution in [0.1, 0.15) is 17.2 Å². The highest BCUT2D eigenvalue weighted by Crippen LogP contribution is 2.32. The summed E-state index contributed by atoms with van der Waals surface area (Å²) in [5.74, 6) is -0.358. The molecule has 1 atom stereocenters. The van der Waals surface area contributed by atoms with Crippen molar-refractivity contribution in [3.05, 3.63) is 72.3 Å². The van der Waals surface area contributed by atoms with Gasteiger partial charge < -0.3 is 10.2 Å². The summed E-state index contributed by atoms with van der Waals surface area (Å²) < 4.78 is 1.27. The molecule has 4 rings (SSSR count). The first-order chi connectivity index (χ1) is 15.5. The van der Waals surface area contributed by atoms with Crippen LogP contribution < -0.4 is 0 Å². The van der Waals surface area contributed by atoms with Gasteiger partial charge in [0.2, 0.25) is 0 Å². The van der Waals surface area contributed by atoms with Crippen molar-refractivity contribution >= 4 is 5.97 Å². The van der Waals surface area contributed by atoms with Crippen molar-refractivity contribution in [1.82, 2.24) is 30.0 Å². The van der Waals surface area contributed by atoms with Gasteiger partial charge in [-0.3, -0.25) is 14.6 Å². The van der Waals surface area contributed by atoms with Crippen LogP contribution >= 0.6 is 0 Å². The zero-order valence-corrected chi connectivity index (χ0v) is 17.7.